The van der Waals surface area contributed by atoms with Gasteiger partial charge in [0.2, 0.25) is 0 Å². The minimum absolute atomic E-state index is 0.222. The third-order valence-corrected chi connectivity index (χ3v) is 4.52. The SMILES string of the molecule is CC(N)Cc1ccccc1N1CC(C)SC(C)C1. The van der Waals surface area contributed by atoms with E-state index in [0.29, 0.717) is 10.5 Å². The second-order valence-corrected chi connectivity index (χ2v) is 7.35. The van der Waals surface area contributed by atoms with Crippen LogP contribution in [0.2, 0.25) is 0 Å². The zero-order chi connectivity index (χ0) is 13.1. The van der Waals surface area contributed by atoms with E-state index in [1.807, 2.05) is 0 Å². The quantitative estimate of drug-likeness (QED) is 0.910. The van der Waals surface area contributed by atoms with Crippen LogP contribution in [0.4, 0.5) is 5.69 Å². The van der Waals surface area contributed by atoms with E-state index in [0.717, 1.165) is 19.5 Å². The predicted molar refractivity (Wildman–Crippen MR) is 82.5 cm³/mol. The molecule has 0 aliphatic carbocycles. The summed E-state index contributed by atoms with van der Waals surface area (Å²) < 4.78 is 0. The highest BCUT2D eigenvalue weighted by Crippen LogP contribution is 2.30. The molecular formula is C15H24N2S. The fourth-order valence-electron chi connectivity index (χ4n) is 2.71. The first kappa shape index (κ1) is 13.8. The highest BCUT2D eigenvalue weighted by molar-refractivity contribution is 8.00. The average Bonchev–Trinajstić information content (AvgIpc) is 2.27. The minimum Gasteiger partial charge on any atom is -0.369 e. The summed E-state index contributed by atoms with van der Waals surface area (Å²) in [6.07, 6.45) is 0.961. The first-order valence-electron chi connectivity index (χ1n) is 6.80. The number of anilines is 1. The predicted octanol–water partition coefficient (Wildman–Crippen LogP) is 2.91. The summed E-state index contributed by atoms with van der Waals surface area (Å²) in [5.74, 6) is 0. The summed E-state index contributed by atoms with van der Waals surface area (Å²) in [5, 5.41) is 1.41. The summed E-state index contributed by atoms with van der Waals surface area (Å²) in [4.78, 5) is 2.53. The van der Waals surface area contributed by atoms with Gasteiger partial charge in [0.15, 0.2) is 0 Å². The van der Waals surface area contributed by atoms with Crippen molar-refractivity contribution < 1.29 is 0 Å². The maximum Gasteiger partial charge on any atom is 0.0400 e. The lowest BCUT2D eigenvalue weighted by atomic mass is 10.0. The van der Waals surface area contributed by atoms with E-state index >= 15 is 0 Å². The first-order chi connectivity index (χ1) is 8.56. The monoisotopic (exact) mass is 264 g/mol. The van der Waals surface area contributed by atoms with Gasteiger partial charge in [-0.2, -0.15) is 11.8 Å². The average molecular weight is 264 g/mol. The van der Waals surface area contributed by atoms with Gasteiger partial charge in [0, 0.05) is 35.3 Å². The van der Waals surface area contributed by atoms with E-state index in [9.17, 15) is 0 Å². The number of benzene rings is 1. The van der Waals surface area contributed by atoms with Crippen LogP contribution >= 0.6 is 11.8 Å². The van der Waals surface area contributed by atoms with Crippen LogP contribution in [0.5, 0.6) is 0 Å². The second-order valence-electron chi connectivity index (χ2n) is 5.47. The summed E-state index contributed by atoms with van der Waals surface area (Å²) in [6, 6.07) is 8.94. The number of para-hydroxylation sites is 1. The molecule has 0 spiro atoms. The zero-order valence-electron chi connectivity index (χ0n) is 11.6. The fourth-order valence-corrected chi connectivity index (χ4v) is 4.04. The van der Waals surface area contributed by atoms with Gasteiger partial charge in [-0.3, -0.25) is 0 Å². The largest absolute Gasteiger partial charge is 0.369 e. The molecule has 3 unspecified atom stereocenters. The molecule has 2 rings (SSSR count). The van der Waals surface area contributed by atoms with Crippen molar-refractivity contribution in [3.8, 4) is 0 Å². The molecule has 1 aromatic carbocycles. The number of rotatable bonds is 3. The highest BCUT2D eigenvalue weighted by Gasteiger charge is 2.23. The van der Waals surface area contributed by atoms with Gasteiger partial charge < -0.3 is 10.6 Å². The van der Waals surface area contributed by atoms with Crippen LogP contribution in [0.3, 0.4) is 0 Å². The van der Waals surface area contributed by atoms with Crippen LogP contribution in [-0.4, -0.2) is 29.6 Å². The van der Waals surface area contributed by atoms with E-state index in [1.54, 1.807) is 0 Å². The molecule has 3 atom stereocenters. The lowest BCUT2D eigenvalue weighted by Gasteiger charge is -2.37. The normalized spacial score (nSPS) is 26.1. The molecule has 0 amide bonds. The summed E-state index contributed by atoms with van der Waals surface area (Å²) >= 11 is 2.09. The van der Waals surface area contributed by atoms with Crippen LogP contribution in [0.1, 0.15) is 26.3 Å². The Bertz CT molecular complexity index is 382. The van der Waals surface area contributed by atoms with Crippen LogP contribution in [0.25, 0.3) is 0 Å². The molecule has 0 bridgehead atoms. The molecule has 1 saturated heterocycles. The summed E-state index contributed by atoms with van der Waals surface area (Å²) in [7, 11) is 0. The molecule has 100 valence electrons. The first-order valence-corrected chi connectivity index (χ1v) is 7.74. The Kier molecular flexibility index (Phi) is 4.57. The van der Waals surface area contributed by atoms with Crippen molar-refractivity contribution in [1.82, 2.24) is 0 Å². The Morgan fingerprint density at radius 3 is 2.50 bits per heavy atom. The molecule has 0 saturated carbocycles. The topological polar surface area (TPSA) is 29.3 Å². The van der Waals surface area contributed by atoms with E-state index < -0.39 is 0 Å². The third kappa shape index (κ3) is 3.42. The van der Waals surface area contributed by atoms with Crippen molar-refractivity contribution in [3.05, 3.63) is 29.8 Å². The van der Waals surface area contributed by atoms with E-state index in [4.69, 9.17) is 5.73 Å². The van der Waals surface area contributed by atoms with Crippen molar-refractivity contribution >= 4 is 17.4 Å². The van der Waals surface area contributed by atoms with Gasteiger partial charge in [-0.1, -0.05) is 32.0 Å². The summed E-state index contributed by atoms with van der Waals surface area (Å²) in [6.45, 7) is 9.01. The molecule has 0 aromatic heterocycles. The Balaban J connectivity index is 2.21. The van der Waals surface area contributed by atoms with E-state index in [2.05, 4.69) is 61.7 Å². The lowest BCUT2D eigenvalue weighted by Crippen LogP contribution is -2.41. The fraction of sp³-hybridized carbons (Fsp3) is 0.600. The van der Waals surface area contributed by atoms with Gasteiger partial charge in [0.1, 0.15) is 0 Å². The van der Waals surface area contributed by atoms with Crippen molar-refractivity contribution in [2.24, 2.45) is 5.73 Å². The molecule has 1 aliphatic rings. The van der Waals surface area contributed by atoms with Crippen LogP contribution in [0, 0.1) is 0 Å². The molecular weight excluding hydrogens is 240 g/mol. The molecule has 1 fully saturated rings. The van der Waals surface area contributed by atoms with Gasteiger partial charge >= 0.3 is 0 Å². The molecule has 2 nitrogen and oxygen atoms in total. The Morgan fingerprint density at radius 2 is 1.89 bits per heavy atom. The molecule has 1 heterocycles. The molecule has 0 radical (unpaired) electrons. The van der Waals surface area contributed by atoms with Gasteiger partial charge in [-0.15, -0.1) is 0 Å². The number of hydrogen-bond donors (Lipinski definition) is 1. The van der Waals surface area contributed by atoms with Gasteiger partial charge in [0.25, 0.3) is 0 Å². The van der Waals surface area contributed by atoms with Gasteiger partial charge in [-0.25, -0.2) is 0 Å². The van der Waals surface area contributed by atoms with Crippen molar-refractivity contribution in [1.29, 1.82) is 0 Å². The standard InChI is InChI=1S/C15H24N2S/c1-11(16)8-14-6-4-5-7-15(14)17-9-12(2)18-13(3)10-17/h4-7,11-13H,8-10,16H2,1-3H3. The Labute approximate surface area is 115 Å². The van der Waals surface area contributed by atoms with Crippen LogP contribution in [0.15, 0.2) is 24.3 Å². The van der Waals surface area contributed by atoms with Crippen molar-refractivity contribution in [3.63, 3.8) is 0 Å². The third-order valence-electron chi connectivity index (χ3n) is 3.29. The molecule has 3 heteroatoms. The minimum atomic E-state index is 0.222. The van der Waals surface area contributed by atoms with Crippen molar-refractivity contribution in [2.45, 2.75) is 43.7 Å². The van der Waals surface area contributed by atoms with Crippen LogP contribution in [-0.2, 0) is 6.42 Å². The lowest BCUT2D eigenvalue weighted by molar-refractivity contribution is 0.705. The Morgan fingerprint density at radius 1 is 1.28 bits per heavy atom. The molecule has 18 heavy (non-hydrogen) atoms. The maximum absolute atomic E-state index is 5.95. The van der Waals surface area contributed by atoms with Gasteiger partial charge in [0.05, 0.1) is 0 Å². The highest BCUT2D eigenvalue weighted by atomic mass is 32.2. The van der Waals surface area contributed by atoms with E-state index in [-0.39, 0.29) is 6.04 Å². The molecule has 2 N–H and O–H groups in total. The number of thioether (sulfide) groups is 1. The van der Waals surface area contributed by atoms with E-state index in [1.165, 1.54) is 11.3 Å². The molecule has 1 aromatic rings. The zero-order valence-corrected chi connectivity index (χ0v) is 12.4. The second kappa shape index (κ2) is 5.98. The Hall–Kier alpha value is -0.670. The maximum atomic E-state index is 5.95. The number of nitrogens with zero attached hydrogens (tertiary/aromatic N) is 1. The van der Waals surface area contributed by atoms with Gasteiger partial charge in [-0.05, 0) is 25.0 Å². The van der Waals surface area contributed by atoms with Crippen molar-refractivity contribution in [2.75, 3.05) is 18.0 Å². The van der Waals surface area contributed by atoms with Crippen LogP contribution < -0.4 is 10.6 Å². The smallest absolute Gasteiger partial charge is 0.0400 e. The molecule has 1 aliphatic heterocycles. The summed E-state index contributed by atoms with van der Waals surface area (Å²) in [5.41, 5.74) is 8.73. The number of nitrogens with two attached hydrogens (primary N) is 1. The number of hydrogen-bond acceptors (Lipinski definition) is 3.